The lowest BCUT2D eigenvalue weighted by Gasteiger charge is -2.26. The zero-order chi connectivity index (χ0) is 15.1. The van der Waals surface area contributed by atoms with Crippen LogP contribution in [0.25, 0.3) is 0 Å². The minimum atomic E-state index is -0.401. The summed E-state index contributed by atoms with van der Waals surface area (Å²) >= 11 is 0. The summed E-state index contributed by atoms with van der Waals surface area (Å²) in [5.74, 6) is 0.305. The van der Waals surface area contributed by atoms with Gasteiger partial charge in [0.25, 0.3) is 0 Å². The first-order chi connectivity index (χ1) is 10.2. The molecule has 1 aliphatic rings. The summed E-state index contributed by atoms with van der Waals surface area (Å²) in [5.41, 5.74) is 0.500. The van der Waals surface area contributed by atoms with Gasteiger partial charge < -0.3 is 14.8 Å². The minimum absolute atomic E-state index is 0.00123. The Bertz CT molecular complexity index is 475. The molecule has 1 aromatic carbocycles. The average Bonchev–Trinajstić information content (AvgIpc) is 2.48. The number of anilines is 1. The quantitative estimate of drug-likeness (QED) is 0.610. The van der Waals surface area contributed by atoms with E-state index in [-0.39, 0.29) is 5.69 Å². The number of nitro benzene ring substituents is 1. The first-order valence-corrected chi connectivity index (χ1v) is 7.16. The molecule has 0 radical (unpaired) electrons. The van der Waals surface area contributed by atoms with Crippen LogP contribution in [0.2, 0.25) is 0 Å². The fraction of sp³-hybridized carbons (Fsp3) is 0.571. The largest absolute Gasteiger partial charge is 0.487 e. The highest BCUT2D eigenvalue weighted by molar-refractivity contribution is 5.68. The third-order valence-electron chi connectivity index (χ3n) is 3.33. The lowest BCUT2D eigenvalue weighted by atomic mass is 10.2. The smallest absolute Gasteiger partial charge is 0.333 e. The number of nitrogens with zero attached hydrogens (tertiary/aromatic N) is 2. The monoisotopic (exact) mass is 295 g/mol. The summed E-state index contributed by atoms with van der Waals surface area (Å²) in [6.45, 7) is 7.00. The van der Waals surface area contributed by atoms with E-state index in [0.29, 0.717) is 24.6 Å². The summed E-state index contributed by atoms with van der Waals surface area (Å²) in [4.78, 5) is 13.1. The predicted octanol–water partition coefficient (Wildman–Crippen LogP) is 1.74. The first-order valence-electron chi connectivity index (χ1n) is 7.16. The lowest BCUT2D eigenvalue weighted by Crippen LogP contribution is -2.39. The Balaban J connectivity index is 1.98. The van der Waals surface area contributed by atoms with E-state index in [4.69, 9.17) is 9.47 Å². The highest BCUT2D eigenvalue weighted by Crippen LogP contribution is 2.34. The highest BCUT2D eigenvalue weighted by atomic mass is 16.6. The summed E-state index contributed by atoms with van der Waals surface area (Å²) in [6.07, 6.45) is 0. The molecule has 2 rings (SSSR count). The number of hydrogen-bond donors (Lipinski definition) is 1. The number of para-hydroxylation sites is 1. The molecule has 0 saturated carbocycles. The van der Waals surface area contributed by atoms with Crippen LogP contribution in [0, 0.1) is 10.1 Å². The van der Waals surface area contributed by atoms with Crippen molar-refractivity contribution in [3.63, 3.8) is 0 Å². The molecule has 0 spiro atoms. The van der Waals surface area contributed by atoms with Crippen LogP contribution in [0.5, 0.6) is 5.75 Å². The van der Waals surface area contributed by atoms with Crippen molar-refractivity contribution in [3.8, 4) is 5.75 Å². The fourth-order valence-electron chi connectivity index (χ4n) is 2.30. The molecule has 1 aliphatic heterocycles. The second-order valence-electron chi connectivity index (χ2n) is 4.72. The Labute approximate surface area is 124 Å². The highest BCUT2D eigenvalue weighted by Gasteiger charge is 2.20. The second-order valence-corrected chi connectivity index (χ2v) is 4.72. The zero-order valence-electron chi connectivity index (χ0n) is 12.2. The molecule has 1 saturated heterocycles. The van der Waals surface area contributed by atoms with Crippen LogP contribution in [0.4, 0.5) is 11.4 Å². The van der Waals surface area contributed by atoms with E-state index >= 15 is 0 Å². The molecule has 7 heteroatoms. The summed E-state index contributed by atoms with van der Waals surface area (Å²) in [6, 6.07) is 5.09. The second kappa shape index (κ2) is 7.80. The lowest BCUT2D eigenvalue weighted by molar-refractivity contribution is -0.384. The van der Waals surface area contributed by atoms with Gasteiger partial charge in [0.05, 0.1) is 24.7 Å². The fourth-order valence-corrected chi connectivity index (χ4v) is 2.30. The van der Waals surface area contributed by atoms with Crippen molar-refractivity contribution in [2.24, 2.45) is 0 Å². The van der Waals surface area contributed by atoms with Gasteiger partial charge in [0, 0.05) is 26.2 Å². The van der Waals surface area contributed by atoms with E-state index in [1.54, 1.807) is 18.2 Å². The molecule has 1 fully saturated rings. The molecule has 0 aliphatic carbocycles. The van der Waals surface area contributed by atoms with Crippen molar-refractivity contribution in [1.82, 2.24) is 4.90 Å². The number of morpholine rings is 1. The van der Waals surface area contributed by atoms with Gasteiger partial charge in [-0.15, -0.1) is 0 Å². The van der Waals surface area contributed by atoms with E-state index in [1.165, 1.54) is 0 Å². The molecular weight excluding hydrogens is 274 g/mol. The third kappa shape index (κ3) is 4.30. The van der Waals surface area contributed by atoms with Gasteiger partial charge in [0.15, 0.2) is 5.75 Å². The third-order valence-corrected chi connectivity index (χ3v) is 3.33. The molecule has 1 N–H and O–H groups in total. The van der Waals surface area contributed by atoms with Gasteiger partial charge in [-0.1, -0.05) is 6.07 Å². The van der Waals surface area contributed by atoms with Crippen molar-refractivity contribution in [3.05, 3.63) is 28.3 Å². The molecule has 0 unspecified atom stereocenters. The van der Waals surface area contributed by atoms with Crippen molar-refractivity contribution >= 4 is 11.4 Å². The van der Waals surface area contributed by atoms with Gasteiger partial charge in [-0.25, -0.2) is 0 Å². The van der Waals surface area contributed by atoms with Crippen molar-refractivity contribution in [2.75, 3.05) is 51.3 Å². The van der Waals surface area contributed by atoms with Crippen LogP contribution < -0.4 is 10.1 Å². The Morgan fingerprint density at radius 3 is 2.86 bits per heavy atom. The predicted molar refractivity (Wildman–Crippen MR) is 80.0 cm³/mol. The van der Waals surface area contributed by atoms with E-state index in [9.17, 15) is 10.1 Å². The van der Waals surface area contributed by atoms with Gasteiger partial charge in [0.1, 0.15) is 5.69 Å². The van der Waals surface area contributed by atoms with Crippen molar-refractivity contribution in [1.29, 1.82) is 0 Å². The number of benzene rings is 1. The summed E-state index contributed by atoms with van der Waals surface area (Å²) in [5, 5.41) is 14.4. The molecule has 116 valence electrons. The summed E-state index contributed by atoms with van der Waals surface area (Å²) in [7, 11) is 0. The van der Waals surface area contributed by atoms with Gasteiger partial charge in [-0.05, 0) is 19.1 Å². The first kappa shape index (κ1) is 15.5. The van der Waals surface area contributed by atoms with Crippen molar-refractivity contribution in [2.45, 2.75) is 6.92 Å². The number of hydrogen-bond acceptors (Lipinski definition) is 6. The van der Waals surface area contributed by atoms with Crippen LogP contribution >= 0.6 is 0 Å². The number of nitrogens with one attached hydrogen (secondary N) is 1. The Morgan fingerprint density at radius 2 is 2.19 bits per heavy atom. The molecule has 7 nitrogen and oxygen atoms in total. The molecular formula is C14H21N3O4. The van der Waals surface area contributed by atoms with Crippen LogP contribution in [0.3, 0.4) is 0 Å². The van der Waals surface area contributed by atoms with Gasteiger partial charge >= 0.3 is 5.69 Å². The van der Waals surface area contributed by atoms with Gasteiger partial charge in [-0.2, -0.15) is 0 Å². The Hall–Kier alpha value is -1.86. The Kier molecular flexibility index (Phi) is 5.77. The minimum Gasteiger partial charge on any atom is -0.487 e. The van der Waals surface area contributed by atoms with E-state index in [0.717, 1.165) is 32.8 Å². The van der Waals surface area contributed by atoms with E-state index < -0.39 is 4.92 Å². The molecule has 0 bridgehead atoms. The Morgan fingerprint density at radius 1 is 1.43 bits per heavy atom. The van der Waals surface area contributed by atoms with Gasteiger partial charge in [0.2, 0.25) is 0 Å². The van der Waals surface area contributed by atoms with E-state index in [1.807, 2.05) is 6.92 Å². The molecule has 1 heterocycles. The molecule has 0 aromatic heterocycles. The van der Waals surface area contributed by atoms with Crippen LogP contribution in [0.1, 0.15) is 6.92 Å². The van der Waals surface area contributed by atoms with Crippen LogP contribution in [-0.4, -0.2) is 55.8 Å². The van der Waals surface area contributed by atoms with Crippen LogP contribution in [-0.2, 0) is 4.74 Å². The molecule has 0 atom stereocenters. The molecule has 0 amide bonds. The number of ether oxygens (including phenoxy) is 2. The van der Waals surface area contributed by atoms with E-state index in [2.05, 4.69) is 10.2 Å². The SMILES string of the molecule is CCOc1cccc(NCCN2CCOCC2)c1[N+](=O)[O-]. The van der Waals surface area contributed by atoms with Crippen LogP contribution in [0.15, 0.2) is 18.2 Å². The molecule has 1 aromatic rings. The normalized spacial score (nSPS) is 15.7. The maximum absolute atomic E-state index is 11.2. The maximum atomic E-state index is 11.2. The van der Waals surface area contributed by atoms with Crippen molar-refractivity contribution < 1.29 is 14.4 Å². The standard InChI is InChI=1S/C14H21N3O4/c1-2-21-13-5-3-4-12(14(13)17(18)19)15-6-7-16-8-10-20-11-9-16/h3-5,15H,2,6-11H2,1H3. The number of nitro groups is 1. The number of rotatable bonds is 7. The summed E-state index contributed by atoms with van der Waals surface area (Å²) < 4.78 is 10.6. The topological polar surface area (TPSA) is 76.9 Å². The molecule has 21 heavy (non-hydrogen) atoms. The van der Waals surface area contributed by atoms with Gasteiger partial charge in [-0.3, -0.25) is 15.0 Å². The average molecular weight is 295 g/mol. The maximum Gasteiger partial charge on any atom is 0.333 e. The zero-order valence-corrected chi connectivity index (χ0v) is 12.2.